The van der Waals surface area contributed by atoms with Crippen molar-refractivity contribution in [2.45, 2.75) is 38.3 Å². The summed E-state index contributed by atoms with van der Waals surface area (Å²) < 4.78 is 0. The fourth-order valence-corrected chi connectivity index (χ4v) is 2.69. The summed E-state index contributed by atoms with van der Waals surface area (Å²) in [6, 6.07) is 2.11. The van der Waals surface area contributed by atoms with Crippen LogP contribution in [0.25, 0.3) is 0 Å². The molecule has 1 N–H and O–H groups in total. The summed E-state index contributed by atoms with van der Waals surface area (Å²) in [5.74, 6) is 0.395. The van der Waals surface area contributed by atoms with Crippen molar-refractivity contribution in [1.82, 2.24) is 20.2 Å². The van der Waals surface area contributed by atoms with Gasteiger partial charge in [-0.1, -0.05) is 0 Å². The van der Waals surface area contributed by atoms with Gasteiger partial charge in [0.25, 0.3) is 0 Å². The average molecular weight is 274 g/mol. The van der Waals surface area contributed by atoms with Crippen molar-refractivity contribution in [3.63, 3.8) is 0 Å². The minimum atomic E-state index is -0.230. The maximum absolute atomic E-state index is 12.1. The van der Waals surface area contributed by atoms with E-state index < -0.39 is 0 Å². The summed E-state index contributed by atoms with van der Waals surface area (Å²) in [6.45, 7) is 0.874. The monoisotopic (exact) mass is 274 g/mol. The number of carbonyl (C=O) groups excluding carboxylic acids is 2. The van der Waals surface area contributed by atoms with E-state index in [9.17, 15) is 9.59 Å². The van der Waals surface area contributed by atoms with Gasteiger partial charge in [-0.3, -0.25) is 9.59 Å². The number of nitrogens with zero attached hydrogens (tertiary/aromatic N) is 3. The molecule has 3 rings (SSSR count). The molecule has 6 heteroatoms. The van der Waals surface area contributed by atoms with Gasteiger partial charge < -0.3 is 10.2 Å². The van der Waals surface area contributed by atoms with Crippen molar-refractivity contribution < 1.29 is 9.59 Å². The van der Waals surface area contributed by atoms with Gasteiger partial charge in [0.2, 0.25) is 11.8 Å². The highest BCUT2D eigenvalue weighted by Crippen LogP contribution is 2.30. The largest absolute Gasteiger partial charge is 0.348 e. The first kappa shape index (κ1) is 13.0. The topological polar surface area (TPSA) is 75.2 Å². The van der Waals surface area contributed by atoms with E-state index in [4.69, 9.17) is 0 Å². The van der Waals surface area contributed by atoms with Gasteiger partial charge in [0.15, 0.2) is 0 Å². The maximum atomic E-state index is 12.1. The normalized spacial score (nSPS) is 22.7. The Morgan fingerprint density at radius 3 is 2.75 bits per heavy atom. The first-order valence-corrected chi connectivity index (χ1v) is 7.07. The maximum Gasteiger partial charge on any atom is 0.225 e. The summed E-state index contributed by atoms with van der Waals surface area (Å²) in [6.07, 6.45) is 6.97. The zero-order chi connectivity index (χ0) is 13.9. The van der Waals surface area contributed by atoms with Crippen LogP contribution in [-0.2, 0) is 16.1 Å². The number of hydrogen-bond donors (Lipinski definition) is 1. The Balaban J connectivity index is 1.52. The molecule has 1 unspecified atom stereocenters. The van der Waals surface area contributed by atoms with Gasteiger partial charge in [-0.25, -0.2) is 9.97 Å². The Morgan fingerprint density at radius 1 is 1.35 bits per heavy atom. The number of aromatic nitrogens is 2. The number of amides is 2. The molecular weight excluding hydrogens is 256 g/mol. The molecule has 1 aliphatic carbocycles. The van der Waals surface area contributed by atoms with Crippen molar-refractivity contribution in [2.24, 2.45) is 5.92 Å². The van der Waals surface area contributed by atoms with Crippen molar-refractivity contribution >= 4 is 11.8 Å². The third kappa shape index (κ3) is 2.64. The predicted octanol–water partition coefficient (Wildman–Crippen LogP) is 0.494. The van der Waals surface area contributed by atoms with Crippen LogP contribution in [0.4, 0.5) is 0 Å². The lowest BCUT2D eigenvalue weighted by Crippen LogP contribution is -2.42. The van der Waals surface area contributed by atoms with Crippen LogP contribution >= 0.6 is 0 Å². The standard InChI is InChI=1S/C14H18N4O2/c19-13-7-10(9-18(13)11-3-1-4-11)14(20)17-8-12-15-5-2-6-16-12/h2,5-6,10-11H,1,3-4,7-9H2,(H,17,20). The van der Waals surface area contributed by atoms with Crippen LogP contribution in [0.3, 0.4) is 0 Å². The van der Waals surface area contributed by atoms with Gasteiger partial charge in [-0.05, 0) is 25.3 Å². The Hall–Kier alpha value is -1.98. The minimum Gasteiger partial charge on any atom is -0.348 e. The Labute approximate surface area is 117 Å². The molecule has 1 saturated carbocycles. The minimum absolute atomic E-state index is 0.0763. The molecule has 1 atom stereocenters. The van der Waals surface area contributed by atoms with Gasteiger partial charge in [0.1, 0.15) is 5.82 Å². The summed E-state index contributed by atoms with van der Waals surface area (Å²) in [4.78, 5) is 34.0. The predicted molar refractivity (Wildman–Crippen MR) is 71.3 cm³/mol. The number of hydrogen-bond acceptors (Lipinski definition) is 4. The number of rotatable bonds is 4. The molecule has 2 fully saturated rings. The zero-order valence-electron chi connectivity index (χ0n) is 11.3. The van der Waals surface area contributed by atoms with Crippen LogP contribution < -0.4 is 5.32 Å². The van der Waals surface area contributed by atoms with Crippen LogP contribution in [0.1, 0.15) is 31.5 Å². The van der Waals surface area contributed by atoms with Crippen LogP contribution in [0.5, 0.6) is 0 Å². The van der Waals surface area contributed by atoms with Gasteiger partial charge in [-0.15, -0.1) is 0 Å². The molecule has 1 aromatic heterocycles. The average Bonchev–Trinajstić information content (AvgIpc) is 2.78. The van der Waals surface area contributed by atoms with E-state index in [1.807, 2.05) is 4.90 Å². The Kier molecular flexibility index (Phi) is 3.62. The van der Waals surface area contributed by atoms with Gasteiger partial charge >= 0.3 is 0 Å². The van der Waals surface area contributed by atoms with Crippen LogP contribution in [-0.4, -0.2) is 39.3 Å². The fraction of sp³-hybridized carbons (Fsp3) is 0.571. The second-order valence-electron chi connectivity index (χ2n) is 5.41. The van der Waals surface area contributed by atoms with Crippen molar-refractivity contribution in [3.8, 4) is 0 Å². The molecule has 1 saturated heterocycles. The zero-order valence-corrected chi connectivity index (χ0v) is 11.3. The molecule has 2 heterocycles. The smallest absolute Gasteiger partial charge is 0.225 e. The summed E-state index contributed by atoms with van der Waals surface area (Å²) in [5, 5.41) is 2.81. The van der Waals surface area contributed by atoms with Crippen LogP contribution in [0, 0.1) is 5.92 Å². The van der Waals surface area contributed by atoms with Crippen LogP contribution in [0.15, 0.2) is 18.5 Å². The molecule has 6 nitrogen and oxygen atoms in total. The lowest BCUT2D eigenvalue weighted by atomic mass is 9.92. The van der Waals surface area contributed by atoms with Crippen molar-refractivity contribution in [2.75, 3.05) is 6.54 Å². The molecule has 0 aromatic carbocycles. The first-order valence-electron chi connectivity index (χ1n) is 7.07. The summed E-state index contributed by atoms with van der Waals surface area (Å²) >= 11 is 0. The third-order valence-corrected chi connectivity index (χ3v) is 4.08. The number of carbonyl (C=O) groups is 2. The molecular formula is C14H18N4O2. The van der Waals surface area contributed by atoms with E-state index in [-0.39, 0.29) is 17.7 Å². The van der Waals surface area contributed by atoms with E-state index >= 15 is 0 Å². The number of likely N-dealkylation sites (tertiary alicyclic amines) is 1. The Bertz CT molecular complexity index is 501. The van der Waals surface area contributed by atoms with E-state index in [2.05, 4.69) is 15.3 Å². The van der Waals surface area contributed by atoms with Crippen molar-refractivity contribution in [1.29, 1.82) is 0 Å². The van der Waals surface area contributed by atoms with Crippen LogP contribution in [0.2, 0.25) is 0 Å². The second-order valence-corrected chi connectivity index (χ2v) is 5.41. The fourth-order valence-electron chi connectivity index (χ4n) is 2.69. The summed E-state index contributed by atoms with van der Waals surface area (Å²) in [5.41, 5.74) is 0. The third-order valence-electron chi connectivity index (χ3n) is 4.08. The SMILES string of the molecule is O=C(NCc1ncccn1)C1CC(=O)N(C2CCC2)C1. The molecule has 2 amide bonds. The van der Waals surface area contributed by atoms with Gasteiger partial charge in [0, 0.05) is 31.4 Å². The highest BCUT2D eigenvalue weighted by atomic mass is 16.2. The van der Waals surface area contributed by atoms with Crippen molar-refractivity contribution in [3.05, 3.63) is 24.3 Å². The first-order chi connectivity index (χ1) is 9.74. The molecule has 0 bridgehead atoms. The Morgan fingerprint density at radius 2 is 2.10 bits per heavy atom. The van der Waals surface area contributed by atoms with E-state index in [0.29, 0.717) is 31.4 Å². The lowest BCUT2D eigenvalue weighted by Gasteiger charge is -2.34. The molecule has 20 heavy (non-hydrogen) atoms. The van der Waals surface area contributed by atoms with E-state index in [1.165, 1.54) is 6.42 Å². The van der Waals surface area contributed by atoms with E-state index in [0.717, 1.165) is 12.8 Å². The highest BCUT2D eigenvalue weighted by Gasteiger charge is 2.39. The quantitative estimate of drug-likeness (QED) is 0.867. The lowest BCUT2D eigenvalue weighted by molar-refractivity contribution is -0.131. The summed E-state index contributed by atoms with van der Waals surface area (Å²) in [7, 11) is 0. The molecule has 2 aliphatic rings. The van der Waals surface area contributed by atoms with Gasteiger partial charge in [-0.2, -0.15) is 0 Å². The molecule has 106 valence electrons. The second kappa shape index (κ2) is 5.56. The highest BCUT2D eigenvalue weighted by molar-refractivity contribution is 5.89. The van der Waals surface area contributed by atoms with Gasteiger partial charge in [0.05, 0.1) is 12.5 Å². The molecule has 1 aromatic rings. The molecule has 1 aliphatic heterocycles. The van der Waals surface area contributed by atoms with E-state index in [1.54, 1.807) is 18.5 Å². The molecule has 0 spiro atoms. The number of nitrogens with one attached hydrogen (secondary N) is 1. The molecule has 0 radical (unpaired) electrons.